The van der Waals surface area contributed by atoms with Gasteiger partial charge in [0.05, 0.1) is 0 Å². The minimum Gasteiger partial charge on any atom is -0.261 e. The SMILES string of the molecule is C=C/C(C)=C\N=C(C)c1cc(F)ccc1CC. The topological polar surface area (TPSA) is 12.4 Å². The third-order valence-corrected chi connectivity index (χ3v) is 2.63. The molecule has 0 radical (unpaired) electrons. The van der Waals surface area contributed by atoms with Crippen molar-refractivity contribution >= 4 is 5.71 Å². The fourth-order valence-electron chi connectivity index (χ4n) is 1.51. The van der Waals surface area contributed by atoms with Crippen molar-refractivity contribution < 1.29 is 4.39 Å². The molecule has 0 spiro atoms. The molecule has 2 heteroatoms. The van der Waals surface area contributed by atoms with Gasteiger partial charge in [0.1, 0.15) is 5.82 Å². The van der Waals surface area contributed by atoms with Gasteiger partial charge in [-0.25, -0.2) is 4.39 Å². The van der Waals surface area contributed by atoms with Crippen molar-refractivity contribution in [1.29, 1.82) is 0 Å². The Balaban J connectivity index is 3.14. The fraction of sp³-hybridized carbons (Fsp3) is 0.267. The largest absolute Gasteiger partial charge is 0.261 e. The van der Waals surface area contributed by atoms with Gasteiger partial charge in [0.15, 0.2) is 0 Å². The zero-order valence-electron chi connectivity index (χ0n) is 10.6. The van der Waals surface area contributed by atoms with E-state index < -0.39 is 0 Å². The number of halogens is 1. The zero-order valence-corrected chi connectivity index (χ0v) is 10.6. The summed E-state index contributed by atoms with van der Waals surface area (Å²) in [5.74, 6) is -0.226. The molecule has 0 aliphatic rings. The first-order chi connectivity index (χ1) is 8.08. The monoisotopic (exact) mass is 231 g/mol. The first-order valence-corrected chi connectivity index (χ1v) is 5.71. The van der Waals surface area contributed by atoms with Gasteiger partial charge in [0.2, 0.25) is 0 Å². The second-order valence-corrected chi connectivity index (χ2v) is 3.95. The molecule has 1 rings (SSSR count). The van der Waals surface area contributed by atoms with E-state index in [2.05, 4.69) is 18.5 Å². The highest BCUT2D eigenvalue weighted by Gasteiger charge is 2.05. The van der Waals surface area contributed by atoms with Crippen LogP contribution in [0.25, 0.3) is 0 Å². The maximum Gasteiger partial charge on any atom is 0.123 e. The van der Waals surface area contributed by atoms with Crippen molar-refractivity contribution in [3.05, 3.63) is 59.6 Å². The first kappa shape index (κ1) is 13.4. The number of hydrogen-bond acceptors (Lipinski definition) is 1. The summed E-state index contributed by atoms with van der Waals surface area (Å²) >= 11 is 0. The van der Waals surface area contributed by atoms with Gasteiger partial charge in [-0.1, -0.05) is 25.6 Å². The van der Waals surface area contributed by atoms with Crippen LogP contribution in [0.2, 0.25) is 0 Å². The van der Waals surface area contributed by atoms with Gasteiger partial charge in [-0.05, 0) is 43.5 Å². The molecule has 0 fully saturated rings. The van der Waals surface area contributed by atoms with Crippen molar-refractivity contribution in [1.82, 2.24) is 0 Å². The first-order valence-electron chi connectivity index (χ1n) is 5.71. The second kappa shape index (κ2) is 6.14. The predicted molar refractivity (Wildman–Crippen MR) is 71.9 cm³/mol. The van der Waals surface area contributed by atoms with Gasteiger partial charge in [-0.3, -0.25) is 4.99 Å². The molecule has 0 N–H and O–H groups in total. The van der Waals surface area contributed by atoms with E-state index in [1.165, 1.54) is 12.1 Å². The number of nitrogens with zero attached hydrogens (tertiary/aromatic N) is 1. The molecule has 0 aliphatic heterocycles. The Morgan fingerprint density at radius 2 is 2.12 bits per heavy atom. The lowest BCUT2D eigenvalue weighted by Gasteiger charge is -2.07. The van der Waals surface area contributed by atoms with E-state index in [0.717, 1.165) is 28.8 Å². The van der Waals surface area contributed by atoms with Crippen LogP contribution in [-0.4, -0.2) is 5.71 Å². The molecular weight excluding hydrogens is 213 g/mol. The summed E-state index contributed by atoms with van der Waals surface area (Å²) in [5, 5.41) is 0. The van der Waals surface area contributed by atoms with Crippen LogP contribution in [0.15, 0.2) is 47.6 Å². The van der Waals surface area contributed by atoms with Crippen molar-refractivity contribution in [2.24, 2.45) is 4.99 Å². The molecule has 0 amide bonds. The van der Waals surface area contributed by atoms with Crippen molar-refractivity contribution in [3.63, 3.8) is 0 Å². The van der Waals surface area contributed by atoms with Crippen LogP contribution in [0.3, 0.4) is 0 Å². The highest BCUT2D eigenvalue weighted by atomic mass is 19.1. The molecule has 0 heterocycles. The maximum atomic E-state index is 13.2. The molecule has 90 valence electrons. The van der Waals surface area contributed by atoms with Crippen LogP contribution in [0.1, 0.15) is 31.9 Å². The minimum absolute atomic E-state index is 0.226. The van der Waals surface area contributed by atoms with E-state index in [1.807, 2.05) is 19.9 Å². The normalized spacial score (nSPS) is 12.7. The van der Waals surface area contributed by atoms with Gasteiger partial charge in [-0.2, -0.15) is 0 Å². The molecule has 0 aromatic heterocycles. The van der Waals surface area contributed by atoms with E-state index >= 15 is 0 Å². The molecule has 0 bridgehead atoms. The maximum absolute atomic E-state index is 13.2. The Labute approximate surface area is 102 Å². The summed E-state index contributed by atoms with van der Waals surface area (Å²) < 4.78 is 13.2. The predicted octanol–water partition coefficient (Wildman–Crippen LogP) is 4.29. The molecule has 0 aliphatic carbocycles. The standard InChI is InChI=1S/C15H18FN/c1-5-11(3)10-17-12(4)15-9-14(16)8-7-13(15)6-2/h5,7-10H,1,6H2,2-4H3/b11-10-,17-12?. The van der Waals surface area contributed by atoms with Crippen LogP contribution >= 0.6 is 0 Å². The molecular formula is C15H18FN. The number of allylic oxidation sites excluding steroid dienone is 2. The lowest BCUT2D eigenvalue weighted by Crippen LogP contribution is -2.00. The van der Waals surface area contributed by atoms with Gasteiger partial charge in [-0.15, -0.1) is 0 Å². The molecule has 1 aromatic carbocycles. The van der Waals surface area contributed by atoms with E-state index in [4.69, 9.17) is 0 Å². The zero-order chi connectivity index (χ0) is 12.8. The summed E-state index contributed by atoms with van der Waals surface area (Å²) in [6.07, 6.45) is 4.35. The van der Waals surface area contributed by atoms with Gasteiger partial charge in [0.25, 0.3) is 0 Å². The van der Waals surface area contributed by atoms with E-state index in [1.54, 1.807) is 12.3 Å². The summed E-state index contributed by atoms with van der Waals surface area (Å²) in [4.78, 5) is 4.33. The fourth-order valence-corrected chi connectivity index (χ4v) is 1.51. The molecule has 1 aromatic rings. The smallest absolute Gasteiger partial charge is 0.123 e. The molecule has 1 nitrogen and oxygen atoms in total. The van der Waals surface area contributed by atoms with E-state index in [-0.39, 0.29) is 5.82 Å². The Hall–Kier alpha value is -1.70. The molecule has 0 atom stereocenters. The molecule has 17 heavy (non-hydrogen) atoms. The van der Waals surface area contributed by atoms with E-state index in [9.17, 15) is 4.39 Å². The van der Waals surface area contributed by atoms with Crippen molar-refractivity contribution in [2.45, 2.75) is 27.2 Å². The minimum atomic E-state index is -0.226. The highest BCUT2D eigenvalue weighted by Crippen LogP contribution is 2.14. The lowest BCUT2D eigenvalue weighted by atomic mass is 10.0. The average Bonchev–Trinajstić information content (AvgIpc) is 2.35. The Kier molecular flexibility index (Phi) is 4.83. The molecule has 0 saturated carbocycles. The van der Waals surface area contributed by atoms with Crippen LogP contribution < -0.4 is 0 Å². The van der Waals surface area contributed by atoms with Crippen LogP contribution in [0, 0.1) is 5.82 Å². The third kappa shape index (κ3) is 3.66. The van der Waals surface area contributed by atoms with Gasteiger partial charge in [0, 0.05) is 17.5 Å². The number of rotatable bonds is 4. The summed E-state index contributed by atoms with van der Waals surface area (Å²) in [7, 11) is 0. The van der Waals surface area contributed by atoms with E-state index in [0.29, 0.717) is 0 Å². The van der Waals surface area contributed by atoms with Crippen LogP contribution in [-0.2, 0) is 6.42 Å². The molecule has 0 saturated heterocycles. The number of hydrogen-bond donors (Lipinski definition) is 0. The Bertz CT molecular complexity index is 470. The summed E-state index contributed by atoms with van der Waals surface area (Å²) in [6, 6.07) is 4.84. The summed E-state index contributed by atoms with van der Waals surface area (Å²) in [6.45, 7) is 9.53. The molecule has 0 unspecified atom stereocenters. The quantitative estimate of drug-likeness (QED) is 0.541. The number of aliphatic imine (C=N–C) groups is 1. The highest BCUT2D eigenvalue weighted by molar-refractivity contribution is 6.00. The third-order valence-electron chi connectivity index (χ3n) is 2.63. The van der Waals surface area contributed by atoms with Gasteiger partial charge < -0.3 is 0 Å². The van der Waals surface area contributed by atoms with Gasteiger partial charge >= 0.3 is 0 Å². The number of benzene rings is 1. The Morgan fingerprint density at radius 1 is 1.41 bits per heavy atom. The van der Waals surface area contributed by atoms with Crippen molar-refractivity contribution in [2.75, 3.05) is 0 Å². The van der Waals surface area contributed by atoms with Crippen molar-refractivity contribution in [3.8, 4) is 0 Å². The number of aryl methyl sites for hydroxylation is 1. The van der Waals surface area contributed by atoms with Crippen LogP contribution in [0.5, 0.6) is 0 Å². The Morgan fingerprint density at radius 3 is 2.71 bits per heavy atom. The second-order valence-electron chi connectivity index (χ2n) is 3.95. The average molecular weight is 231 g/mol. The summed E-state index contributed by atoms with van der Waals surface area (Å²) in [5.41, 5.74) is 3.79. The van der Waals surface area contributed by atoms with Crippen LogP contribution in [0.4, 0.5) is 4.39 Å². The lowest BCUT2D eigenvalue weighted by molar-refractivity contribution is 0.626.